The zero-order chi connectivity index (χ0) is 20.2. The van der Waals surface area contributed by atoms with Crippen molar-refractivity contribution in [3.05, 3.63) is 57.2 Å². The molecule has 0 aliphatic carbocycles. The molecule has 0 atom stereocenters. The normalized spacial score (nSPS) is 11.6. The predicted octanol–water partition coefficient (Wildman–Crippen LogP) is 2.42. The number of benzene rings is 1. The Bertz CT molecular complexity index is 1000. The smallest absolute Gasteiger partial charge is 0.251 e. The summed E-state index contributed by atoms with van der Waals surface area (Å²) in [7, 11) is -3.77. The van der Waals surface area contributed by atoms with Crippen molar-refractivity contribution >= 4 is 37.5 Å². The SMILES string of the molecule is CCN(CC)S(=O)(=O)c1ccc(=O)n(CC(=O)Nc2ccc(Br)cc2F)c1. The standard InChI is InChI=1S/C17H19BrFN3O4S/c1-3-22(4-2)27(25,26)13-6-8-17(24)21(10-13)11-16(23)20-15-7-5-12(18)9-14(15)19/h5-10H,3-4,11H2,1-2H3,(H,20,23). The molecule has 2 rings (SSSR count). The molecule has 146 valence electrons. The Balaban J connectivity index is 2.26. The molecule has 1 aromatic heterocycles. The minimum Gasteiger partial charge on any atom is -0.322 e. The van der Waals surface area contributed by atoms with Gasteiger partial charge in [-0.15, -0.1) is 0 Å². The van der Waals surface area contributed by atoms with E-state index in [1.165, 1.54) is 22.5 Å². The van der Waals surface area contributed by atoms with Gasteiger partial charge in [0.15, 0.2) is 0 Å². The molecule has 0 saturated carbocycles. The van der Waals surface area contributed by atoms with Crippen molar-refractivity contribution in [3.8, 4) is 0 Å². The average Bonchev–Trinajstić information content (AvgIpc) is 2.60. The molecule has 1 amide bonds. The molecule has 1 aromatic carbocycles. The first kappa shape index (κ1) is 21.3. The van der Waals surface area contributed by atoms with Crippen LogP contribution in [0.15, 0.2) is 50.7 Å². The Labute approximate surface area is 165 Å². The zero-order valence-electron chi connectivity index (χ0n) is 14.8. The third-order valence-electron chi connectivity index (χ3n) is 3.82. The second-order valence-electron chi connectivity index (χ2n) is 5.59. The van der Waals surface area contributed by atoms with Crippen molar-refractivity contribution in [2.45, 2.75) is 25.3 Å². The summed E-state index contributed by atoms with van der Waals surface area (Å²) >= 11 is 3.12. The van der Waals surface area contributed by atoms with Crippen LogP contribution in [0.4, 0.5) is 10.1 Å². The molecule has 0 saturated heterocycles. The largest absolute Gasteiger partial charge is 0.322 e. The predicted molar refractivity (Wildman–Crippen MR) is 104 cm³/mol. The number of carbonyl (C=O) groups excluding carboxylic acids is 1. The Hall–Kier alpha value is -2.04. The van der Waals surface area contributed by atoms with E-state index >= 15 is 0 Å². The highest BCUT2D eigenvalue weighted by Gasteiger charge is 2.22. The highest BCUT2D eigenvalue weighted by atomic mass is 79.9. The van der Waals surface area contributed by atoms with E-state index < -0.39 is 33.9 Å². The minimum atomic E-state index is -3.77. The first-order valence-electron chi connectivity index (χ1n) is 8.14. The van der Waals surface area contributed by atoms with Gasteiger partial charge in [-0.1, -0.05) is 29.8 Å². The van der Waals surface area contributed by atoms with Gasteiger partial charge >= 0.3 is 0 Å². The molecule has 0 unspecified atom stereocenters. The molecule has 2 aromatic rings. The van der Waals surface area contributed by atoms with Crippen molar-refractivity contribution < 1.29 is 17.6 Å². The highest BCUT2D eigenvalue weighted by Crippen LogP contribution is 2.19. The van der Waals surface area contributed by atoms with E-state index in [1.807, 2.05) is 0 Å². The van der Waals surface area contributed by atoms with Crippen molar-refractivity contribution in [2.75, 3.05) is 18.4 Å². The van der Waals surface area contributed by atoms with E-state index in [-0.39, 0.29) is 23.7 Å². The molecular formula is C17H19BrFN3O4S. The van der Waals surface area contributed by atoms with Crippen molar-refractivity contribution in [1.29, 1.82) is 0 Å². The molecule has 1 heterocycles. The number of nitrogens with one attached hydrogen (secondary N) is 1. The summed E-state index contributed by atoms with van der Waals surface area (Å²) in [6.07, 6.45) is 1.12. The lowest BCUT2D eigenvalue weighted by atomic mass is 10.3. The summed E-state index contributed by atoms with van der Waals surface area (Å²) in [4.78, 5) is 24.1. The molecule has 0 aliphatic rings. The molecule has 0 spiro atoms. The Morgan fingerprint density at radius 1 is 1.22 bits per heavy atom. The van der Waals surface area contributed by atoms with E-state index in [2.05, 4.69) is 21.2 Å². The number of hydrogen-bond acceptors (Lipinski definition) is 4. The van der Waals surface area contributed by atoms with E-state index in [9.17, 15) is 22.4 Å². The van der Waals surface area contributed by atoms with Crippen LogP contribution in [0, 0.1) is 5.82 Å². The maximum Gasteiger partial charge on any atom is 0.251 e. The van der Waals surface area contributed by atoms with Crippen LogP contribution in [0.1, 0.15) is 13.8 Å². The van der Waals surface area contributed by atoms with E-state index in [1.54, 1.807) is 19.9 Å². The Morgan fingerprint density at radius 3 is 2.48 bits per heavy atom. The summed E-state index contributed by atoms with van der Waals surface area (Å²) in [5.74, 6) is -1.29. The number of rotatable bonds is 7. The lowest BCUT2D eigenvalue weighted by Gasteiger charge is -2.19. The number of hydrogen-bond donors (Lipinski definition) is 1. The van der Waals surface area contributed by atoms with Gasteiger partial charge in [0.2, 0.25) is 15.9 Å². The molecule has 0 aliphatic heterocycles. The highest BCUT2D eigenvalue weighted by molar-refractivity contribution is 9.10. The van der Waals surface area contributed by atoms with Gasteiger partial charge in [-0.05, 0) is 24.3 Å². The summed E-state index contributed by atoms with van der Waals surface area (Å²) in [5.41, 5.74) is -0.580. The number of carbonyl (C=O) groups is 1. The molecule has 1 N–H and O–H groups in total. The first-order chi connectivity index (χ1) is 12.7. The van der Waals surface area contributed by atoms with Crippen LogP contribution in [-0.2, 0) is 21.4 Å². The Morgan fingerprint density at radius 2 is 1.89 bits per heavy atom. The summed E-state index contributed by atoms with van der Waals surface area (Å²) in [5, 5.41) is 2.36. The van der Waals surface area contributed by atoms with Crippen LogP contribution < -0.4 is 10.9 Å². The third-order valence-corrected chi connectivity index (χ3v) is 6.35. The van der Waals surface area contributed by atoms with Crippen LogP contribution in [-0.4, -0.2) is 36.3 Å². The van der Waals surface area contributed by atoms with Crippen LogP contribution in [0.2, 0.25) is 0 Å². The van der Waals surface area contributed by atoms with Crippen LogP contribution in [0.25, 0.3) is 0 Å². The topological polar surface area (TPSA) is 88.5 Å². The van der Waals surface area contributed by atoms with Gasteiger partial charge in [0.25, 0.3) is 5.56 Å². The van der Waals surface area contributed by atoms with E-state index in [0.29, 0.717) is 4.47 Å². The second-order valence-corrected chi connectivity index (χ2v) is 8.45. The molecule has 10 heteroatoms. The van der Waals surface area contributed by atoms with Gasteiger partial charge in [-0.25, -0.2) is 12.8 Å². The van der Waals surface area contributed by atoms with Crippen molar-refractivity contribution in [1.82, 2.24) is 8.87 Å². The molecule has 0 bridgehead atoms. The Kier molecular flexibility index (Phi) is 6.90. The average molecular weight is 460 g/mol. The first-order valence-corrected chi connectivity index (χ1v) is 10.4. The fourth-order valence-corrected chi connectivity index (χ4v) is 4.25. The van der Waals surface area contributed by atoms with Crippen LogP contribution in [0.3, 0.4) is 0 Å². The number of anilines is 1. The number of nitrogens with zero attached hydrogens (tertiary/aromatic N) is 2. The number of aromatic nitrogens is 1. The van der Waals surface area contributed by atoms with Gasteiger partial charge in [0, 0.05) is 29.8 Å². The lowest BCUT2D eigenvalue weighted by molar-refractivity contribution is -0.116. The van der Waals surface area contributed by atoms with E-state index in [0.717, 1.165) is 16.8 Å². The number of halogens is 2. The monoisotopic (exact) mass is 459 g/mol. The number of sulfonamides is 1. The molecular weight excluding hydrogens is 441 g/mol. The molecule has 7 nitrogen and oxygen atoms in total. The summed E-state index contributed by atoms with van der Waals surface area (Å²) < 4.78 is 41.7. The quantitative estimate of drug-likeness (QED) is 0.688. The third kappa shape index (κ3) is 5.02. The second kappa shape index (κ2) is 8.77. The van der Waals surface area contributed by atoms with Crippen LogP contribution >= 0.6 is 15.9 Å². The van der Waals surface area contributed by atoms with Gasteiger partial charge < -0.3 is 9.88 Å². The van der Waals surface area contributed by atoms with Gasteiger partial charge in [0.05, 0.1) is 10.6 Å². The maximum absolute atomic E-state index is 13.8. The van der Waals surface area contributed by atoms with Crippen molar-refractivity contribution in [3.63, 3.8) is 0 Å². The molecule has 27 heavy (non-hydrogen) atoms. The maximum atomic E-state index is 13.8. The molecule has 0 fully saturated rings. The summed E-state index contributed by atoms with van der Waals surface area (Å²) in [6.45, 7) is 3.52. The number of pyridine rings is 1. The number of amides is 1. The van der Waals surface area contributed by atoms with Gasteiger partial charge in [-0.3, -0.25) is 9.59 Å². The molecule has 0 radical (unpaired) electrons. The van der Waals surface area contributed by atoms with Crippen molar-refractivity contribution in [2.24, 2.45) is 0 Å². The fourth-order valence-electron chi connectivity index (χ4n) is 2.43. The minimum absolute atomic E-state index is 0.0387. The summed E-state index contributed by atoms with van der Waals surface area (Å²) in [6, 6.07) is 6.42. The van der Waals surface area contributed by atoms with Gasteiger partial charge in [0.1, 0.15) is 12.4 Å². The van der Waals surface area contributed by atoms with E-state index in [4.69, 9.17) is 0 Å². The zero-order valence-corrected chi connectivity index (χ0v) is 17.2. The lowest BCUT2D eigenvalue weighted by Crippen LogP contribution is -2.33. The van der Waals surface area contributed by atoms with Gasteiger partial charge in [-0.2, -0.15) is 4.31 Å². The van der Waals surface area contributed by atoms with Crippen LogP contribution in [0.5, 0.6) is 0 Å². The fraction of sp³-hybridized carbons (Fsp3) is 0.294.